The minimum atomic E-state index is -0.111. The van der Waals surface area contributed by atoms with Crippen molar-refractivity contribution in [2.24, 2.45) is 0 Å². The van der Waals surface area contributed by atoms with Crippen LogP contribution in [0.15, 0.2) is 146 Å². The number of nitrogens with zero attached hydrogens (tertiary/aromatic N) is 1. The summed E-state index contributed by atoms with van der Waals surface area (Å²) >= 11 is 0. The van der Waals surface area contributed by atoms with Gasteiger partial charge in [0.15, 0.2) is 0 Å². The second-order valence-corrected chi connectivity index (χ2v) is 25.0. The van der Waals surface area contributed by atoms with Gasteiger partial charge in [0.25, 0.3) is 0 Å². The molecule has 0 fully saturated rings. The molecule has 7 aromatic carbocycles. The van der Waals surface area contributed by atoms with Gasteiger partial charge in [0.1, 0.15) is 0 Å². The van der Waals surface area contributed by atoms with Crippen molar-refractivity contribution >= 4 is 17.1 Å². The number of hydrogen-bond acceptors (Lipinski definition) is 1. The summed E-state index contributed by atoms with van der Waals surface area (Å²) in [5.41, 5.74) is 23.0. The summed E-state index contributed by atoms with van der Waals surface area (Å²) in [5.74, 6) is 0. The molecule has 0 N–H and O–H groups in total. The maximum atomic E-state index is 2.50. The van der Waals surface area contributed by atoms with Gasteiger partial charge in [0, 0.05) is 22.5 Å². The van der Waals surface area contributed by atoms with Crippen LogP contribution < -0.4 is 4.90 Å². The molecule has 8 rings (SSSR count). The first-order valence-electron chi connectivity index (χ1n) is 24.3. The summed E-state index contributed by atoms with van der Waals surface area (Å²) in [6, 6.07) is 56.4. The van der Waals surface area contributed by atoms with Gasteiger partial charge in [-0.25, -0.2) is 0 Å². The molecule has 1 nitrogen and oxygen atoms in total. The van der Waals surface area contributed by atoms with Crippen LogP contribution in [0.2, 0.25) is 0 Å². The van der Waals surface area contributed by atoms with Crippen molar-refractivity contribution in [2.45, 2.75) is 150 Å². The van der Waals surface area contributed by atoms with Crippen molar-refractivity contribution in [2.75, 3.05) is 4.90 Å². The average Bonchev–Trinajstić information content (AvgIpc) is 3.47. The van der Waals surface area contributed by atoms with E-state index in [0.717, 1.165) is 5.69 Å². The Labute approximate surface area is 399 Å². The predicted molar refractivity (Wildman–Crippen MR) is 288 cm³/mol. The Hall–Kier alpha value is -5.66. The van der Waals surface area contributed by atoms with Crippen LogP contribution in [-0.4, -0.2) is 0 Å². The van der Waals surface area contributed by atoms with Crippen LogP contribution in [0.25, 0.3) is 44.5 Å². The maximum absolute atomic E-state index is 2.50. The largest absolute Gasteiger partial charge is 0.310 e. The van der Waals surface area contributed by atoms with Gasteiger partial charge in [-0.2, -0.15) is 0 Å². The third kappa shape index (κ3) is 9.21. The molecule has 0 saturated heterocycles. The van der Waals surface area contributed by atoms with Crippen LogP contribution >= 0.6 is 0 Å². The number of fused-ring (bicyclic) bond motifs is 3. The maximum Gasteiger partial charge on any atom is 0.0470 e. The van der Waals surface area contributed by atoms with Crippen LogP contribution in [0, 0.1) is 0 Å². The first-order chi connectivity index (χ1) is 30.6. The van der Waals surface area contributed by atoms with E-state index in [4.69, 9.17) is 0 Å². The Balaban J connectivity index is 1.27. The quantitative estimate of drug-likeness (QED) is 0.161. The van der Waals surface area contributed by atoms with Crippen molar-refractivity contribution in [1.82, 2.24) is 0 Å². The highest BCUT2D eigenvalue weighted by Gasteiger charge is 2.36. The van der Waals surface area contributed by atoms with E-state index in [1.165, 1.54) is 94.8 Å². The molecule has 340 valence electrons. The van der Waals surface area contributed by atoms with Crippen molar-refractivity contribution in [1.29, 1.82) is 0 Å². The standard InChI is InChI=1S/C65H75N/c1-60(2,3)48-21-20-22-53(39-48)66(54-29-30-57-56-23-18-19-24-58(56)65(16,17)59(57)41-54)55-37-47(36-52(40-55)64(13,14)15)43-27-25-42(26-28-43)44-31-45(33-49(32-44)61(4,5)6)46-34-50(62(7,8)9)38-51(35-46)63(10,11)12/h18-41H,1-17H3. The highest BCUT2D eigenvalue weighted by Crippen LogP contribution is 2.51. The van der Waals surface area contributed by atoms with Gasteiger partial charge in [0.2, 0.25) is 0 Å². The summed E-state index contributed by atoms with van der Waals surface area (Å²) in [6.07, 6.45) is 0. The Kier molecular flexibility index (Phi) is 11.6. The molecule has 0 unspecified atom stereocenters. The van der Waals surface area contributed by atoms with E-state index in [1.807, 2.05) is 0 Å². The van der Waals surface area contributed by atoms with Crippen molar-refractivity contribution in [3.8, 4) is 44.5 Å². The molecule has 0 aromatic heterocycles. The lowest BCUT2D eigenvalue weighted by Crippen LogP contribution is -2.18. The zero-order valence-electron chi connectivity index (χ0n) is 43.3. The van der Waals surface area contributed by atoms with Crippen molar-refractivity contribution in [3.05, 3.63) is 185 Å². The molecule has 1 aliphatic rings. The zero-order valence-corrected chi connectivity index (χ0v) is 43.3. The molecule has 0 aliphatic heterocycles. The van der Waals surface area contributed by atoms with Gasteiger partial charge in [0.05, 0.1) is 0 Å². The molecule has 0 amide bonds. The van der Waals surface area contributed by atoms with Crippen LogP contribution in [0.1, 0.15) is 157 Å². The summed E-state index contributed by atoms with van der Waals surface area (Å²) in [7, 11) is 0. The van der Waals surface area contributed by atoms with Gasteiger partial charge >= 0.3 is 0 Å². The van der Waals surface area contributed by atoms with E-state index in [9.17, 15) is 0 Å². The molecule has 0 bridgehead atoms. The van der Waals surface area contributed by atoms with E-state index >= 15 is 0 Å². The fourth-order valence-electron chi connectivity index (χ4n) is 9.64. The lowest BCUT2D eigenvalue weighted by atomic mass is 9.78. The molecule has 7 aromatic rings. The highest BCUT2D eigenvalue weighted by atomic mass is 15.1. The summed E-state index contributed by atoms with van der Waals surface area (Å²) in [5, 5.41) is 0. The number of rotatable bonds is 6. The van der Waals surface area contributed by atoms with Gasteiger partial charge in [-0.3, -0.25) is 0 Å². The molecule has 66 heavy (non-hydrogen) atoms. The van der Waals surface area contributed by atoms with Crippen LogP contribution in [0.3, 0.4) is 0 Å². The lowest BCUT2D eigenvalue weighted by molar-refractivity contribution is 0.569. The predicted octanol–water partition coefficient (Wildman–Crippen LogP) is 19.0. The fraction of sp³-hybridized carbons (Fsp3) is 0.354. The number of anilines is 3. The third-order valence-corrected chi connectivity index (χ3v) is 14.2. The van der Waals surface area contributed by atoms with Crippen LogP contribution in [0.5, 0.6) is 0 Å². The second-order valence-electron chi connectivity index (χ2n) is 25.0. The van der Waals surface area contributed by atoms with E-state index in [1.54, 1.807) is 0 Å². The minimum Gasteiger partial charge on any atom is -0.310 e. The Bertz CT molecular complexity index is 2900. The normalized spacial score (nSPS) is 14.0. The fourth-order valence-corrected chi connectivity index (χ4v) is 9.64. The molecule has 0 saturated carbocycles. The first kappa shape index (κ1) is 46.9. The summed E-state index contributed by atoms with van der Waals surface area (Å²) in [4.78, 5) is 2.50. The molecule has 1 aliphatic carbocycles. The van der Waals surface area contributed by atoms with E-state index < -0.39 is 0 Å². The SMILES string of the molecule is CC(C)(C)c1cc(-c2ccc(-c3cc(N(c4cccc(C(C)(C)C)c4)c4ccc5c(c4)C(C)(C)c4ccccc4-5)cc(C(C)(C)C)c3)cc2)cc(-c2cc(C(C)(C)C)cc(C(C)(C)C)c2)c1. The first-order valence-corrected chi connectivity index (χ1v) is 24.3. The second kappa shape index (κ2) is 16.3. The van der Waals surface area contributed by atoms with Gasteiger partial charge in [-0.15, -0.1) is 0 Å². The van der Waals surface area contributed by atoms with E-state index in [2.05, 4.69) is 268 Å². The molecule has 1 heteroatoms. The molecular weight excluding hydrogens is 795 g/mol. The Morgan fingerprint density at radius 1 is 0.288 bits per heavy atom. The van der Waals surface area contributed by atoms with Gasteiger partial charge in [-0.05, 0) is 153 Å². The number of benzene rings is 7. The topological polar surface area (TPSA) is 3.24 Å². The van der Waals surface area contributed by atoms with Crippen LogP contribution in [0.4, 0.5) is 17.1 Å². The molecule has 0 atom stereocenters. The van der Waals surface area contributed by atoms with Crippen molar-refractivity contribution in [3.63, 3.8) is 0 Å². The van der Waals surface area contributed by atoms with Gasteiger partial charge in [-0.1, -0.05) is 221 Å². The van der Waals surface area contributed by atoms with E-state index in [0.29, 0.717) is 0 Å². The molecule has 0 heterocycles. The monoisotopic (exact) mass is 870 g/mol. The third-order valence-electron chi connectivity index (χ3n) is 14.2. The highest BCUT2D eigenvalue weighted by molar-refractivity contribution is 5.87. The van der Waals surface area contributed by atoms with Gasteiger partial charge < -0.3 is 4.90 Å². The van der Waals surface area contributed by atoms with E-state index in [-0.39, 0.29) is 32.5 Å². The zero-order chi connectivity index (χ0) is 47.9. The minimum absolute atomic E-state index is 0.00239. The Morgan fingerprint density at radius 3 is 1.23 bits per heavy atom. The molecular formula is C65H75N. The summed E-state index contributed by atoms with van der Waals surface area (Å²) < 4.78 is 0. The summed E-state index contributed by atoms with van der Waals surface area (Å²) in [6.45, 7) is 39.6. The average molecular weight is 870 g/mol. The Morgan fingerprint density at radius 2 is 0.697 bits per heavy atom. The lowest BCUT2D eigenvalue weighted by Gasteiger charge is -2.31. The van der Waals surface area contributed by atoms with Crippen LogP contribution in [-0.2, 0) is 32.5 Å². The van der Waals surface area contributed by atoms with Crippen molar-refractivity contribution < 1.29 is 0 Å². The smallest absolute Gasteiger partial charge is 0.0470 e. The molecule has 0 spiro atoms. The number of hydrogen-bond donors (Lipinski definition) is 0. The molecule has 0 radical (unpaired) electrons.